The van der Waals surface area contributed by atoms with Crippen molar-refractivity contribution in [3.63, 3.8) is 0 Å². The number of unbranched alkanes of at least 4 members (excludes halogenated alkanes) is 3. The Labute approximate surface area is 622 Å². The summed E-state index contributed by atoms with van der Waals surface area (Å²) in [6.07, 6.45) is 10.2. The number of hydrogen-bond acceptors (Lipinski definition) is 21. The van der Waals surface area contributed by atoms with Crippen LogP contribution in [0, 0.1) is 0 Å². The molecule has 3 heterocycles. The minimum Gasteiger partial charge on any atom is -0.497 e. The summed E-state index contributed by atoms with van der Waals surface area (Å²) in [4.78, 5) is 88.1. The van der Waals surface area contributed by atoms with E-state index in [0.717, 1.165) is 84.8 Å². The number of benzene rings is 3. The number of rotatable bonds is 32. The molecule has 0 saturated heterocycles. The maximum absolute atomic E-state index is 11.0. The van der Waals surface area contributed by atoms with Crippen LogP contribution in [0.2, 0.25) is 0 Å². The second-order valence-electron chi connectivity index (χ2n) is 23.1. The number of hydrogen-bond donors (Lipinski definition) is 6. The minimum absolute atomic E-state index is 0.0308. The number of amides is 6. The maximum atomic E-state index is 11.0. The van der Waals surface area contributed by atoms with Gasteiger partial charge in [0.2, 0.25) is 41.3 Å². The van der Waals surface area contributed by atoms with Crippen LogP contribution in [-0.4, -0.2) is 186 Å². The van der Waals surface area contributed by atoms with Crippen molar-refractivity contribution < 1.29 is 85.7 Å². The average molecular weight is 1470 g/mol. The highest BCUT2D eigenvalue weighted by Crippen LogP contribution is 2.43. The predicted molar refractivity (Wildman–Crippen MR) is 410 cm³/mol. The number of pyridine rings is 3. The third kappa shape index (κ3) is 47.4. The molecule has 27 heteroatoms. The van der Waals surface area contributed by atoms with Gasteiger partial charge < -0.3 is 84.0 Å². The summed E-state index contributed by atoms with van der Waals surface area (Å²) in [6, 6.07) is 37.5. The van der Waals surface area contributed by atoms with Gasteiger partial charge in [0, 0.05) is 164 Å². The molecule has 3 aromatic heterocycles. The molecule has 0 bridgehead atoms. The van der Waals surface area contributed by atoms with Gasteiger partial charge in [-0.25, -0.2) is 9.78 Å². The van der Waals surface area contributed by atoms with E-state index < -0.39 is 17.2 Å². The third-order valence-corrected chi connectivity index (χ3v) is 14.2. The van der Waals surface area contributed by atoms with Gasteiger partial charge in [0.05, 0.1) is 58.1 Å². The largest absolute Gasteiger partial charge is 0.497 e. The standard InChI is InChI=1S/C17H18N2O2.C16H20N2O2.C10H12N2O2.C10H20N2O2.C9H16O4.C7H9NO2.C5H12O2.C4H10O2/c1-12(20)18-16-7-3-14(4-8-16)11-15-5-9-17(10-6-15)19-13(2)21;1-15(19-3,13-9-5-7-11-17-13)16(2,20-4)14-10-6-8-12-18-14;1-7(13)11-9-4-3-5-10(6-9)12-8(2)14;1-9(13)11-7-5-3-4-6-8-12-10(2)14;1-7(2)9(10)13-6-8(12-4)5-11-3;1-9-6-3-4-8-7(5-6)10-2;1-5(7-3)4-6-2;1-5-3-4-6-2/h3-10H,11H2,1-2H3,(H,18,20)(H,19,21);5-12H,1-4H3;3-6H,1-2H3,(H,11,13)(H,12,14);3-8H2,1-2H3,(H,11,13)(H,12,14);8H,1,5-6H2,2-4H3;3-5H,1-2H3;5H,4H2,1-3H3;3-4H2,1-2H3. The van der Waals surface area contributed by atoms with E-state index in [1.165, 1.54) is 48.7 Å². The van der Waals surface area contributed by atoms with Crippen molar-refractivity contribution in [2.24, 2.45) is 0 Å². The van der Waals surface area contributed by atoms with E-state index in [4.69, 9.17) is 42.6 Å². The Bertz CT molecular complexity index is 3150. The average Bonchev–Trinajstić information content (AvgIpc) is 0.754. The topological polar surface area (TPSA) is 332 Å². The molecular formula is C78H117N9O18. The van der Waals surface area contributed by atoms with E-state index in [1.807, 2.05) is 106 Å². The summed E-state index contributed by atoms with van der Waals surface area (Å²) < 4.78 is 55.1. The summed E-state index contributed by atoms with van der Waals surface area (Å²) in [6.45, 7) is 24.0. The molecule has 105 heavy (non-hydrogen) atoms. The summed E-state index contributed by atoms with van der Waals surface area (Å²) >= 11 is 0. The summed E-state index contributed by atoms with van der Waals surface area (Å²) in [7, 11) is 16.2. The van der Waals surface area contributed by atoms with Gasteiger partial charge in [0.25, 0.3) is 0 Å². The molecule has 6 rings (SSSR count). The minimum atomic E-state index is -0.753. The number of carbonyl (C=O) groups is 7. The lowest BCUT2D eigenvalue weighted by Gasteiger charge is -2.43. The van der Waals surface area contributed by atoms with Gasteiger partial charge in [-0.1, -0.05) is 61.9 Å². The summed E-state index contributed by atoms with van der Waals surface area (Å²) in [5.41, 5.74) is 5.75. The van der Waals surface area contributed by atoms with E-state index in [0.29, 0.717) is 49.3 Å². The number of methoxy groups -OCH3 is 10. The van der Waals surface area contributed by atoms with Crippen LogP contribution in [0.5, 0.6) is 11.6 Å². The van der Waals surface area contributed by atoms with Crippen LogP contribution in [0.15, 0.2) is 152 Å². The number of ether oxygens (including phenoxy) is 11. The van der Waals surface area contributed by atoms with Gasteiger partial charge in [-0.15, -0.1) is 0 Å². The van der Waals surface area contributed by atoms with Crippen molar-refractivity contribution >= 4 is 64.2 Å². The van der Waals surface area contributed by atoms with Gasteiger partial charge in [0.1, 0.15) is 29.7 Å². The highest BCUT2D eigenvalue weighted by Gasteiger charge is 2.50. The summed E-state index contributed by atoms with van der Waals surface area (Å²) in [5, 5.41) is 16.2. The molecule has 4 unspecified atom stereocenters. The Morgan fingerprint density at radius 2 is 0.867 bits per heavy atom. The van der Waals surface area contributed by atoms with Crippen molar-refractivity contribution in [2.45, 2.75) is 125 Å². The van der Waals surface area contributed by atoms with Gasteiger partial charge in [-0.3, -0.25) is 38.7 Å². The summed E-state index contributed by atoms with van der Waals surface area (Å²) in [5.74, 6) is 0.568. The molecule has 4 atom stereocenters. The van der Waals surface area contributed by atoms with Crippen molar-refractivity contribution in [1.82, 2.24) is 25.6 Å². The first-order valence-electron chi connectivity index (χ1n) is 33.7. The lowest BCUT2D eigenvalue weighted by molar-refractivity contribution is -0.184. The highest BCUT2D eigenvalue weighted by molar-refractivity contribution is 5.92. The molecule has 582 valence electrons. The van der Waals surface area contributed by atoms with Crippen molar-refractivity contribution in [3.8, 4) is 11.6 Å². The first-order chi connectivity index (χ1) is 50.0. The van der Waals surface area contributed by atoms with E-state index in [-0.39, 0.29) is 54.3 Å². The predicted octanol–water partition coefficient (Wildman–Crippen LogP) is 11.3. The Morgan fingerprint density at radius 3 is 1.18 bits per heavy atom. The Kier molecular flexibility index (Phi) is 55.5. The first-order valence-corrected chi connectivity index (χ1v) is 33.7. The van der Waals surface area contributed by atoms with Gasteiger partial charge in [-0.05, 0) is 131 Å². The lowest BCUT2D eigenvalue weighted by Crippen LogP contribution is -2.49. The zero-order valence-electron chi connectivity index (χ0n) is 65.3. The third-order valence-electron chi connectivity index (χ3n) is 14.2. The molecule has 0 spiro atoms. The number of anilines is 4. The van der Waals surface area contributed by atoms with Crippen LogP contribution in [0.4, 0.5) is 22.7 Å². The van der Waals surface area contributed by atoms with E-state index in [1.54, 1.807) is 126 Å². The molecular weight excluding hydrogens is 1350 g/mol. The number of nitrogens with one attached hydrogen (secondary N) is 6. The van der Waals surface area contributed by atoms with Crippen LogP contribution >= 0.6 is 0 Å². The van der Waals surface area contributed by atoms with Gasteiger partial charge >= 0.3 is 5.97 Å². The number of nitrogens with zero attached hydrogens (tertiary/aromatic N) is 3. The molecule has 0 aliphatic carbocycles. The molecule has 0 aliphatic heterocycles. The zero-order chi connectivity index (χ0) is 79.4. The molecule has 6 aromatic rings. The molecule has 6 amide bonds. The highest BCUT2D eigenvalue weighted by atomic mass is 16.6. The van der Waals surface area contributed by atoms with Gasteiger partial charge in [0.15, 0.2) is 0 Å². The second-order valence-corrected chi connectivity index (χ2v) is 23.1. The zero-order valence-corrected chi connectivity index (χ0v) is 65.3. The van der Waals surface area contributed by atoms with Crippen LogP contribution in [-0.2, 0) is 93.8 Å². The van der Waals surface area contributed by atoms with Gasteiger partial charge in [-0.2, -0.15) is 0 Å². The molecule has 27 nitrogen and oxygen atoms in total. The Morgan fingerprint density at radius 1 is 0.438 bits per heavy atom. The van der Waals surface area contributed by atoms with Crippen LogP contribution in [0.3, 0.4) is 0 Å². The number of esters is 1. The molecule has 0 radical (unpaired) electrons. The van der Waals surface area contributed by atoms with E-state index in [2.05, 4.69) is 62.9 Å². The molecule has 0 fully saturated rings. The van der Waals surface area contributed by atoms with Crippen LogP contribution in [0.25, 0.3) is 0 Å². The van der Waals surface area contributed by atoms with Crippen LogP contribution in [0.1, 0.15) is 117 Å². The van der Waals surface area contributed by atoms with Crippen molar-refractivity contribution in [2.75, 3.05) is 138 Å². The lowest BCUT2D eigenvalue weighted by atomic mass is 9.79. The fourth-order valence-corrected chi connectivity index (χ4v) is 8.41. The Hall–Kier alpha value is -9.58. The molecule has 6 N–H and O–H groups in total. The van der Waals surface area contributed by atoms with Crippen molar-refractivity contribution in [1.29, 1.82) is 0 Å². The monoisotopic (exact) mass is 1470 g/mol. The second kappa shape index (κ2) is 59.8. The fraction of sp³-hybridized carbons (Fsp3) is 0.462. The van der Waals surface area contributed by atoms with Crippen LogP contribution < -0.4 is 41.4 Å². The van der Waals surface area contributed by atoms with Crippen molar-refractivity contribution in [3.05, 3.63) is 175 Å². The maximum Gasteiger partial charge on any atom is 0.333 e. The smallest absolute Gasteiger partial charge is 0.333 e. The van der Waals surface area contributed by atoms with E-state index >= 15 is 0 Å². The fourth-order valence-electron chi connectivity index (χ4n) is 8.41. The quantitative estimate of drug-likeness (QED) is 0.0130. The number of aromatic nitrogens is 3. The molecule has 0 aliphatic rings. The number of carbonyl (C=O) groups excluding carboxylic acids is 7. The first kappa shape index (κ1) is 97.5. The molecule has 0 saturated carbocycles. The van der Waals surface area contributed by atoms with E-state index in [9.17, 15) is 33.6 Å². The SMILES string of the molecule is C=C(C)C(=O)OCC(COC)OC.CC(=O)NCCCCCCNC(C)=O.CC(=O)Nc1ccc(Cc2ccc(NC(C)=O)cc2)cc1.CC(=O)Nc1cccc(NC(C)=O)c1.COC(C)(c1ccccn1)C(C)(OC)c1ccccn1.COCC(C)OC.COCCOC.COc1ccnc(OC)c1. The Balaban J connectivity index is 0. The molecule has 3 aromatic carbocycles. The normalized spacial score (nSPS) is 11.6.